The molecule has 0 saturated carbocycles. The molecule has 30 heavy (non-hydrogen) atoms. The lowest BCUT2D eigenvalue weighted by atomic mass is 10.1. The quantitative estimate of drug-likeness (QED) is 0.158. The molecule has 0 saturated heterocycles. The Morgan fingerprint density at radius 2 is 0.733 bits per heavy atom. The van der Waals surface area contributed by atoms with Gasteiger partial charge < -0.3 is 0 Å². The fourth-order valence-corrected chi connectivity index (χ4v) is 2.61. The van der Waals surface area contributed by atoms with Gasteiger partial charge in [-0.3, -0.25) is 0 Å². The topological polar surface area (TPSA) is 0 Å². The van der Waals surface area contributed by atoms with Crippen molar-refractivity contribution in [2.75, 3.05) is 0 Å². The zero-order valence-electron chi connectivity index (χ0n) is 19.0. The molecule has 0 radical (unpaired) electrons. The van der Waals surface area contributed by atoms with Gasteiger partial charge in [0.05, 0.1) is 0 Å². The Morgan fingerprint density at radius 3 is 1.13 bits per heavy atom. The van der Waals surface area contributed by atoms with Gasteiger partial charge in [-0.1, -0.05) is 174 Å². The zero-order chi connectivity index (χ0) is 21.8. The van der Waals surface area contributed by atoms with Crippen LogP contribution in [0.1, 0.15) is 64.7 Å². The predicted octanol–water partition coefficient (Wildman–Crippen LogP) is 9.71. The van der Waals surface area contributed by atoms with Gasteiger partial charge in [0.2, 0.25) is 0 Å². The van der Waals surface area contributed by atoms with Crippen molar-refractivity contribution in [3.05, 3.63) is 122 Å². The molecule has 0 atom stereocenters. The smallest absolute Gasteiger partial charge is 0.0348 e. The minimum Gasteiger partial charge on any atom is -0.0991 e. The first kappa shape index (κ1) is 27.4. The first-order valence-electron chi connectivity index (χ1n) is 11.5. The first-order chi connectivity index (χ1) is 14.9. The van der Waals surface area contributed by atoms with Crippen LogP contribution in [0.4, 0.5) is 0 Å². The minimum absolute atomic E-state index is 1.19. The largest absolute Gasteiger partial charge is 0.0991 e. The van der Waals surface area contributed by atoms with Gasteiger partial charge >= 0.3 is 0 Å². The van der Waals surface area contributed by atoms with Crippen LogP contribution in [0.25, 0.3) is 0 Å². The molecule has 0 nitrogen and oxygen atoms in total. The molecule has 0 aromatic carbocycles. The van der Waals surface area contributed by atoms with Gasteiger partial charge in [-0.2, -0.15) is 0 Å². The minimum atomic E-state index is 1.19. The molecule has 0 fully saturated rings. The van der Waals surface area contributed by atoms with E-state index in [1.807, 2.05) is 79.0 Å². The predicted molar refractivity (Wildman–Crippen MR) is 140 cm³/mol. The summed E-state index contributed by atoms with van der Waals surface area (Å²) in [7, 11) is 0. The summed E-state index contributed by atoms with van der Waals surface area (Å²) in [6.45, 7) is 5.89. The molecule has 0 heterocycles. The Morgan fingerprint density at radius 1 is 0.400 bits per heavy atom. The molecule has 0 unspecified atom stereocenters. The molecule has 0 N–H and O–H groups in total. The second-order valence-electron chi connectivity index (χ2n) is 7.01. The highest BCUT2D eigenvalue weighted by atomic mass is 14.0. The maximum absolute atomic E-state index is 3.62. The molecular weight excluding hydrogens is 360 g/mol. The summed E-state index contributed by atoms with van der Waals surface area (Å²) in [5.41, 5.74) is 0. The van der Waals surface area contributed by atoms with E-state index in [1.54, 1.807) is 6.08 Å². The molecule has 0 rings (SSSR count). The third-order valence-corrected chi connectivity index (χ3v) is 4.27. The van der Waals surface area contributed by atoms with Crippen LogP contribution in [0.2, 0.25) is 0 Å². The monoisotopic (exact) mass is 402 g/mol. The summed E-state index contributed by atoms with van der Waals surface area (Å²) < 4.78 is 0. The van der Waals surface area contributed by atoms with Crippen LogP contribution < -0.4 is 0 Å². The summed E-state index contributed by atoms with van der Waals surface area (Å²) in [5.74, 6) is 0. The van der Waals surface area contributed by atoms with Crippen LogP contribution >= 0.6 is 0 Å². The van der Waals surface area contributed by atoms with Gasteiger partial charge in [0, 0.05) is 0 Å². The van der Waals surface area contributed by atoms with Crippen molar-refractivity contribution in [3.63, 3.8) is 0 Å². The van der Waals surface area contributed by atoms with Crippen LogP contribution in [0.5, 0.6) is 0 Å². The van der Waals surface area contributed by atoms with Crippen LogP contribution in [-0.2, 0) is 0 Å². The zero-order valence-corrected chi connectivity index (χ0v) is 19.0. The van der Waals surface area contributed by atoms with Crippen molar-refractivity contribution in [3.8, 4) is 0 Å². The van der Waals surface area contributed by atoms with E-state index < -0.39 is 0 Å². The number of rotatable bonds is 18. The van der Waals surface area contributed by atoms with E-state index in [0.717, 1.165) is 0 Å². The molecule has 0 aliphatic carbocycles. The number of unbranched alkanes of at least 4 members (excludes halogenated alkanes) is 8. The highest BCUT2D eigenvalue weighted by molar-refractivity contribution is 5.22. The van der Waals surface area contributed by atoms with Crippen molar-refractivity contribution >= 4 is 0 Å². The van der Waals surface area contributed by atoms with Crippen molar-refractivity contribution in [1.82, 2.24) is 0 Å². The van der Waals surface area contributed by atoms with Crippen molar-refractivity contribution in [2.24, 2.45) is 0 Å². The van der Waals surface area contributed by atoms with Crippen LogP contribution in [-0.4, -0.2) is 0 Å². The van der Waals surface area contributed by atoms with Crippen LogP contribution in [0.3, 0.4) is 0 Å². The second kappa shape index (κ2) is 26.4. The molecule has 0 bridgehead atoms. The number of hydrogen-bond acceptors (Lipinski definition) is 0. The van der Waals surface area contributed by atoms with E-state index in [1.165, 1.54) is 57.8 Å². The molecule has 162 valence electrons. The molecule has 0 aromatic heterocycles. The van der Waals surface area contributed by atoms with Crippen molar-refractivity contribution in [2.45, 2.75) is 64.7 Å². The SMILES string of the molecule is C=CC=CC=CC=CC=CC=CC=CC=CC=CC=CCCCCCCCCCC. The van der Waals surface area contributed by atoms with Crippen LogP contribution in [0, 0.1) is 0 Å². The van der Waals surface area contributed by atoms with Crippen molar-refractivity contribution in [1.29, 1.82) is 0 Å². The number of allylic oxidation sites excluding steroid dienone is 19. The second-order valence-corrected chi connectivity index (χ2v) is 7.01. The maximum Gasteiger partial charge on any atom is -0.0348 e. The fraction of sp³-hybridized carbons (Fsp3) is 0.333. The van der Waals surface area contributed by atoms with Gasteiger partial charge in [0.25, 0.3) is 0 Å². The highest BCUT2D eigenvalue weighted by Gasteiger charge is 1.89. The fourth-order valence-electron chi connectivity index (χ4n) is 2.61. The van der Waals surface area contributed by atoms with E-state index in [2.05, 4.69) is 43.9 Å². The lowest BCUT2D eigenvalue weighted by Gasteiger charge is -1.99. The third kappa shape index (κ3) is 25.4. The molecule has 0 aromatic rings. The van der Waals surface area contributed by atoms with Gasteiger partial charge in [0.15, 0.2) is 0 Å². The molecule has 0 amide bonds. The lowest BCUT2D eigenvalue weighted by Crippen LogP contribution is -1.79. The van der Waals surface area contributed by atoms with Gasteiger partial charge in [-0.15, -0.1) is 0 Å². The van der Waals surface area contributed by atoms with Gasteiger partial charge in [-0.05, 0) is 12.8 Å². The first-order valence-corrected chi connectivity index (χ1v) is 11.5. The molecule has 0 heteroatoms. The van der Waals surface area contributed by atoms with E-state index in [0.29, 0.717) is 0 Å². The summed E-state index contributed by atoms with van der Waals surface area (Å²) in [6, 6.07) is 0. The summed E-state index contributed by atoms with van der Waals surface area (Å²) in [4.78, 5) is 0. The Kier molecular flexibility index (Phi) is 24.1. The van der Waals surface area contributed by atoms with Gasteiger partial charge in [0.1, 0.15) is 0 Å². The van der Waals surface area contributed by atoms with Gasteiger partial charge in [-0.25, -0.2) is 0 Å². The maximum atomic E-state index is 3.62. The highest BCUT2D eigenvalue weighted by Crippen LogP contribution is 2.09. The molecule has 0 aliphatic rings. The van der Waals surface area contributed by atoms with E-state index in [4.69, 9.17) is 0 Å². The summed E-state index contributed by atoms with van der Waals surface area (Å²) >= 11 is 0. The third-order valence-electron chi connectivity index (χ3n) is 4.27. The van der Waals surface area contributed by atoms with Crippen LogP contribution in [0.15, 0.2) is 122 Å². The van der Waals surface area contributed by atoms with E-state index >= 15 is 0 Å². The summed E-state index contributed by atoms with van der Waals surface area (Å²) in [6.07, 6.45) is 50.6. The van der Waals surface area contributed by atoms with E-state index in [-0.39, 0.29) is 0 Å². The average molecular weight is 403 g/mol. The molecular formula is C30H42. The normalized spacial score (nSPS) is 13.6. The Hall–Kier alpha value is -2.60. The Bertz CT molecular complexity index is 627. The molecule has 0 spiro atoms. The van der Waals surface area contributed by atoms with E-state index in [9.17, 15) is 0 Å². The lowest BCUT2D eigenvalue weighted by molar-refractivity contribution is 0.577. The number of hydrogen-bond donors (Lipinski definition) is 0. The van der Waals surface area contributed by atoms with Crippen molar-refractivity contribution < 1.29 is 0 Å². The summed E-state index contributed by atoms with van der Waals surface area (Å²) in [5, 5.41) is 0. The Balaban J connectivity index is 3.67. The Labute approximate surface area is 186 Å². The average Bonchev–Trinajstić information content (AvgIpc) is 2.76. The molecule has 0 aliphatic heterocycles. The standard InChI is InChI=1S/C30H42/c1-3-5-7-9-11-13-15-17-19-21-23-25-27-29-30-28-26-24-22-20-18-16-14-12-10-8-6-4-2/h3,5,7,9,11,13,15,17,19,21-30H,1,4,6,8,10,12,14,16,18,20H2,2H3.